The lowest BCUT2D eigenvalue weighted by Gasteiger charge is -2.22. The Labute approximate surface area is 183 Å². The molecule has 1 amide bonds. The molecule has 4 rings (SSSR count). The van der Waals surface area contributed by atoms with Crippen molar-refractivity contribution in [1.29, 1.82) is 5.26 Å². The van der Waals surface area contributed by atoms with Crippen LogP contribution in [0.15, 0.2) is 16.3 Å². The monoisotopic (exact) mass is 469 g/mol. The zero-order valence-electron chi connectivity index (χ0n) is 15.6. The molecule has 0 radical (unpaired) electrons. The van der Waals surface area contributed by atoms with Gasteiger partial charge >= 0.3 is 0 Å². The van der Waals surface area contributed by atoms with Crippen molar-refractivity contribution in [2.75, 3.05) is 11.9 Å². The molecular formula is C19H20ClN3O3S3. The third-order valence-electron chi connectivity index (χ3n) is 5.39. The summed E-state index contributed by atoms with van der Waals surface area (Å²) < 4.78 is 27.8. The smallest absolute Gasteiger partial charge is 0.253 e. The highest BCUT2D eigenvalue weighted by molar-refractivity contribution is 7.91. The predicted octanol–water partition coefficient (Wildman–Crippen LogP) is 4.40. The molecule has 0 bridgehead atoms. The van der Waals surface area contributed by atoms with Crippen LogP contribution in [0.5, 0.6) is 0 Å². The molecule has 1 saturated heterocycles. The average Bonchev–Trinajstić information content (AvgIpc) is 3.38. The predicted molar refractivity (Wildman–Crippen MR) is 115 cm³/mol. The Balaban J connectivity index is 1.58. The quantitative estimate of drug-likeness (QED) is 0.672. The van der Waals surface area contributed by atoms with Crippen LogP contribution in [0.1, 0.15) is 48.1 Å². The van der Waals surface area contributed by atoms with E-state index >= 15 is 0 Å². The van der Waals surface area contributed by atoms with E-state index in [1.807, 2.05) is 0 Å². The first kappa shape index (κ1) is 20.8. The van der Waals surface area contributed by atoms with E-state index in [1.54, 1.807) is 6.07 Å². The summed E-state index contributed by atoms with van der Waals surface area (Å²) >= 11 is 8.35. The largest absolute Gasteiger partial charge is 0.315 e. The highest BCUT2D eigenvalue weighted by Crippen LogP contribution is 2.38. The minimum Gasteiger partial charge on any atom is -0.315 e. The van der Waals surface area contributed by atoms with Gasteiger partial charge in [-0.05, 0) is 56.2 Å². The maximum atomic E-state index is 13.0. The molecule has 0 unspecified atom stereocenters. The van der Waals surface area contributed by atoms with Gasteiger partial charge in [0.25, 0.3) is 10.0 Å². The Morgan fingerprint density at radius 3 is 2.72 bits per heavy atom. The zero-order valence-corrected chi connectivity index (χ0v) is 18.8. The van der Waals surface area contributed by atoms with Gasteiger partial charge in [0.1, 0.15) is 21.3 Å². The summed E-state index contributed by atoms with van der Waals surface area (Å²) in [6.07, 6.45) is 6.13. The first-order valence-corrected chi connectivity index (χ1v) is 13.0. The lowest BCUT2D eigenvalue weighted by molar-refractivity contribution is -0.119. The summed E-state index contributed by atoms with van der Waals surface area (Å²) in [4.78, 5) is 14.2. The molecule has 1 aliphatic heterocycles. The second-order valence-electron chi connectivity index (χ2n) is 7.20. The van der Waals surface area contributed by atoms with Gasteiger partial charge < -0.3 is 5.32 Å². The van der Waals surface area contributed by atoms with Crippen LogP contribution in [0.2, 0.25) is 4.34 Å². The number of rotatable bonds is 4. The third kappa shape index (κ3) is 3.97. The summed E-state index contributed by atoms with van der Waals surface area (Å²) in [5.41, 5.74) is 1.59. The summed E-state index contributed by atoms with van der Waals surface area (Å²) in [7, 11) is -3.78. The average molecular weight is 470 g/mol. The van der Waals surface area contributed by atoms with Crippen LogP contribution >= 0.6 is 34.3 Å². The molecule has 2 aromatic heterocycles. The van der Waals surface area contributed by atoms with Crippen molar-refractivity contribution in [2.24, 2.45) is 0 Å². The molecule has 10 heteroatoms. The van der Waals surface area contributed by atoms with E-state index in [4.69, 9.17) is 11.6 Å². The number of carbonyl (C=O) groups excluding carboxylic acids is 1. The van der Waals surface area contributed by atoms with Crippen molar-refractivity contribution in [3.05, 3.63) is 32.5 Å². The molecule has 2 aliphatic rings. The van der Waals surface area contributed by atoms with Crippen molar-refractivity contribution in [3.8, 4) is 6.07 Å². The van der Waals surface area contributed by atoms with Crippen LogP contribution in [0, 0.1) is 11.3 Å². The fourth-order valence-electron chi connectivity index (χ4n) is 3.99. The van der Waals surface area contributed by atoms with Crippen LogP contribution in [-0.2, 0) is 27.7 Å². The molecule has 29 heavy (non-hydrogen) atoms. The maximum Gasteiger partial charge on any atom is 0.253 e. The minimum atomic E-state index is -3.78. The topological polar surface area (TPSA) is 90.3 Å². The first-order valence-electron chi connectivity index (χ1n) is 9.54. The molecule has 6 nitrogen and oxygen atoms in total. The van der Waals surface area contributed by atoms with Gasteiger partial charge in [-0.15, -0.1) is 22.7 Å². The number of halogens is 1. The van der Waals surface area contributed by atoms with Gasteiger partial charge in [0.15, 0.2) is 0 Å². The third-order valence-corrected chi connectivity index (χ3v) is 10.2. The molecule has 1 N–H and O–H groups in total. The van der Waals surface area contributed by atoms with Gasteiger partial charge in [-0.25, -0.2) is 8.42 Å². The zero-order chi connectivity index (χ0) is 20.6. The Bertz CT molecular complexity index is 1080. The summed E-state index contributed by atoms with van der Waals surface area (Å²) in [5.74, 6) is -0.373. The molecule has 0 saturated carbocycles. The second kappa shape index (κ2) is 8.36. The molecule has 3 heterocycles. The molecule has 1 fully saturated rings. The Kier molecular flexibility index (Phi) is 6.00. The van der Waals surface area contributed by atoms with Crippen molar-refractivity contribution >= 4 is 55.2 Å². The number of nitriles is 1. The van der Waals surface area contributed by atoms with Crippen molar-refractivity contribution in [2.45, 2.75) is 55.2 Å². The van der Waals surface area contributed by atoms with E-state index in [0.29, 0.717) is 34.3 Å². The summed E-state index contributed by atoms with van der Waals surface area (Å²) in [6, 6.07) is 4.48. The fourth-order valence-corrected chi connectivity index (χ4v) is 8.50. The standard InChI is InChI=1S/C19H20ClN3O3S3/c20-16-8-9-17(28-16)29(25,26)23-10-4-6-14(23)18(24)22-19-13(11-21)12-5-2-1-3-7-15(12)27-19/h8-9,14H,1-7,10H2,(H,22,24)/t14-/m0/s1. The molecule has 2 aromatic rings. The normalized spacial score (nSPS) is 20.1. The number of nitrogens with zero attached hydrogens (tertiary/aromatic N) is 2. The number of carbonyl (C=O) groups is 1. The van der Waals surface area contributed by atoms with Crippen molar-refractivity contribution in [1.82, 2.24) is 4.31 Å². The molecule has 1 atom stereocenters. The van der Waals surface area contributed by atoms with Crippen LogP contribution in [0.25, 0.3) is 0 Å². The Hall–Kier alpha value is -1.44. The van der Waals surface area contributed by atoms with E-state index in [1.165, 1.54) is 26.6 Å². The second-order valence-corrected chi connectivity index (χ2v) is 12.1. The highest BCUT2D eigenvalue weighted by atomic mass is 35.5. The van der Waals surface area contributed by atoms with E-state index in [-0.39, 0.29) is 10.1 Å². The van der Waals surface area contributed by atoms with Gasteiger partial charge in [-0.2, -0.15) is 9.57 Å². The van der Waals surface area contributed by atoms with E-state index < -0.39 is 16.1 Å². The van der Waals surface area contributed by atoms with Crippen molar-refractivity contribution in [3.63, 3.8) is 0 Å². The van der Waals surface area contributed by atoms with E-state index in [0.717, 1.165) is 49.0 Å². The van der Waals surface area contributed by atoms with Crippen LogP contribution in [0.4, 0.5) is 5.00 Å². The van der Waals surface area contributed by atoms with Gasteiger partial charge in [-0.1, -0.05) is 18.0 Å². The van der Waals surface area contributed by atoms with Crippen LogP contribution in [-0.4, -0.2) is 31.2 Å². The minimum absolute atomic E-state index is 0.141. The van der Waals surface area contributed by atoms with Gasteiger partial charge in [0.05, 0.1) is 9.90 Å². The maximum absolute atomic E-state index is 13.0. The summed E-state index contributed by atoms with van der Waals surface area (Å²) in [5, 5.41) is 13.1. The number of thiophene rings is 2. The number of hydrogen-bond donors (Lipinski definition) is 1. The van der Waals surface area contributed by atoms with Gasteiger partial charge in [-0.3, -0.25) is 4.79 Å². The first-order chi connectivity index (χ1) is 13.9. The van der Waals surface area contributed by atoms with Gasteiger partial charge in [0.2, 0.25) is 5.91 Å². The lowest BCUT2D eigenvalue weighted by Crippen LogP contribution is -2.42. The molecule has 1 aliphatic carbocycles. The van der Waals surface area contributed by atoms with E-state index in [9.17, 15) is 18.5 Å². The van der Waals surface area contributed by atoms with Crippen LogP contribution in [0.3, 0.4) is 0 Å². The Morgan fingerprint density at radius 2 is 2.00 bits per heavy atom. The number of anilines is 1. The number of amides is 1. The van der Waals surface area contributed by atoms with Crippen molar-refractivity contribution < 1.29 is 13.2 Å². The SMILES string of the molecule is N#Cc1c(NC(=O)[C@@H]2CCCN2S(=O)(=O)c2ccc(Cl)s2)sc2c1CCCCC2. The van der Waals surface area contributed by atoms with Gasteiger partial charge in [0, 0.05) is 11.4 Å². The summed E-state index contributed by atoms with van der Waals surface area (Å²) in [6.45, 7) is 0.294. The number of nitrogens with one attached hydrogen (secondary N) is 1. The number of aryl methyl sites for hydroxylation is 1. The molecule has 0 spiro atoms. The Morgan fingerprint density at radius 1 is 1.21 bits per heavy atom. The molecule has 154 valence electrons. The molecular weight excluding hydrogens is 450 g/mol. The number of fused-ring (bicyclic) bond motifs is 1. The number of hydrogen-bond acceptors (Lipinski definition) is 6. The van der Waals surface area contributed by atoms with E-state index in [2.05, 4.69) is 11.4 Å². The highest BCUT2D eigenvalue weighted by Gasteiger charge is 2.40. The lowest BCUT2D eigenvalue weighted by atomic mass is 10.1. The van der Waals surface area contributed by atoms with Crippen LogP contribution < -0.4 is 5.32 Å². The fraction of sp³-hybridized carbons (Fsp3) is 0.474. The number of sulfonamides is 1. The molecule has 0 aromatic carbocycles.